The van der Waals surface area contributed by atoms with Gasteiger partial charge in [0.05, 0.1) is 5.56 Å². The van der Waals surface area contributed by atoms with Gasteiger partial charge in [-0.15, -0.1) is 0 Å². The van der Waals surface area contributed by atoms with Gasteiger partial charge >= 0.3 is 0 Å². The van der Waals surface area contributed by atoms with E-state index < -0.39 is 11.9 Å². The first-order valence-corrected chi connectivity index (χ1v) is 11.3. The SMILES string of the molecule is CC(C)CC[Si]1CCC(CC(O)C#Cc2ccc(C#N)c(F)c2)CC1. The Morgan fingerprint density at radius 3 is 2.64 bits per heavy atom. The summed E-state index contributed by atoms with van der Waals surface area (Å²) in [5.74, 6) is 6.46. The van der Waals surface area contributed by atoms with Crippen LogP contribution in [0.2, 0.25) is 18.1 Å². The molecule has 1 saturated heterocycles. The molecular formula is C21H27FNOSi. The number of rotatable bonds is 5. The molecule has 0 aliphatic carbocycles. The fourth-order valence-corrected chi connectivity index (χ4v) is 6.66. The van der Waals surface area contributed by atoms with Crippen LogP contribution in [0.15, 0.2) is 18.2 Å². The summed E-state index contributed by atoms with van der Waals surface area (Å²) in [6.45, 7) is 4.59. The Balaban J connectivity index is 1.79. The van der Waals surface area contributed by atoms with Crippen molar-refractivity contribution in [3.63, 3.8) is 0 Å². The van der Waals surface area contributed by atoms with Crippen molar-refractivity contribution in [2.75, 3.05) is 0 Å². The second kappa shape index (κ2) is 9.75. The van der Waals surface area contributed by atoms with E-state index in [9.17, 15) is 9.50 Å². The highest BCUT2D eigenvalue weighted by Gasteiger charge is 2.23. The maximum absolute atomic E-state index is 13.5. The monoisotopic (exact) mass is 356 g/mol. The van der Waals surface area contributed by atoms with Crippen LogP contribution in [0.1, 0.15) is 50.7 Å². The smallest absolute Gasteiger partial charge is 0.142 e. The van der Waals surface area contributed by atoms with Gasteiger partial charge in [0.2, 0.25) is 0 Å². The van der Waals surface area contributed by atoms with Gasteiger partial charge in [0, 0.05) is 14.4 Å². The molecule has 1 heterocycles. The molecule has 4 heteroatoms. The molecule has 0 aromatic heterocycles. The average molecular weight is 357 g/mol. The molecule has 1 aromatic carbocycles. The van der Waals surface area contributed by atoms with E-state index in [-0.39, 0.29) is 14.4 Å². The van der Waals surface area contributed by atoms with Gasteiger partial charge in [0.25, 0.3) is 0 Å². The van der Waals surface area contributed by atoms with Crippen LogP contribution in [0, 0.1) is 40.8 Å². The van der Waals surface area contributed by atoms with Crippen LogP contribution < -0.4 is 0 Å². The van der Waals surface area contributed by atoms with Gasteiger partial charge in [-0.25, -0.2) is 4.39 Å². The third-order valence-electron chi connectivity index (χ3n) is 4.92. The number of nitriles is 1. The first kappa shape index (κ1) is 19.7. The number of hydrogen-bond acceptors (Lipinski definition) is 2. The molecule has 1 aliphatic rings. The van der Waals surface area contributed by atoms with Crippen LogP contribution in [0.25, 0.3) is 0 Å². The second-order valence-corrected chi connectivity index (χ2v) is 10.5. The summed E-state index contributed by atoms with van der Waals surface area (Å²) in [6, 6.07) is 10.2. The van der Waals surface area contributed by atoms with Crippen LogP contribution in [-0.2, 0) is 0 Å². The Bertz CT molecular complexity index is 663. The molecule has 0 amide bonds. The predicted molar refractivity (Wildman–Crippen MR) is 101 cm³/mol. The van der Waals surface area contributed by atoms with E-state index in [0.717, 1.165) is 5.92 Å². The molecule has 0 saturated carbocycles. The number of aliphatic hydroxyl groups excluding tert-OH is 1. The van der Waals surface area contributed by atoms with Crippen molar-refractivity contribution in [1.29, 1.82) is 5.26 Å². The van der Waals surface area contributed by atoms with Gasteiger partial charge in [0.15, 0.2) is 0 Å². The molecular weight excluding hydrogens is 329 g/mol. The van der Waals surface area contributed by atoms with Crippen LogP contribution >= 0.6 is 0 Å². The minimum absolute atomic E-state index is 0.0170. The lowest BCUT2D eigenvalue weighted by atomic mass is 9.95. The van der Waals surface area contributed by atoms with E-state index in [1.165, 1.54) is 49.5 Å². The van der Waals surface area contributed by atoms with Crippen molar-refractivity contribution in [2.45, 2.75) is 63.8 Å². The Morgan fingerprint density at radius 2 is 2.04 bits per heavy atom. The Hall–Kier alpha value is -1.62. The summed E-state index contributed by atoms with van der Waals surface area (Å²) in [5, 5.41) is 18.9. The molecule has 0 spiro atoms. The minimum Gasteiger partial charge on any atom is -0.380 e. The highest BCUT2D eigenvalue weighted by molar-refractivity contribution is 6.58. The fraction of sp³-hybridized carbons (Fsp3) is 0.571. The summed E-state index contributed by atoms with van der Waals surface area (Å²) in [4.78, 5) is 0. The Labute approximate surface area is 152 Å². The van der Waals surface area contributed by atoms with Gasteiger partial charge in [-0.3, -0.25) is 0 Å². The summed E-state index contributed by atoms with van der Waals surface area (Å²) in [6.07, 6.45) is 3.85. The predicted octanol–water partition coefficient (Wildman–Crippen LogP) is 4.75. The van der Waals surface area contributed by atoms with E-state index >= 15 is 0 Å². The minimum atomic E-state index is -0.659. The maximum atomic E-state index is 13.5. The molecule has 2 nitrogen and oxygen atoms in total. The summed E-state index contributed by atoms with van der Waals surface area (Å²) >= 11 is 0. The van der Waals surface area contributed by atoms with Gasteiger partial charge in [-0.1, -0.05) is 63.1 Å². The molecule has 1 unspecified atom stereocenters. The zero-order valence-electron chi connectivity index (χ0n) is 15.2. The zero-order chi connectivity index (χ0) is 18.2. The van der Waals surface area contributed by atoms with Gasteiger partial charge in [0.1, 0.15) is 18.0 Å². The summed E-state index contributed by atoms with van der Waals surface area (Å²) in [5.41, 5.74) is 0.516. The normalized spacial score (nSPS) is 17.0. The van der Waals surface area contributed by atoms with E-state index in [0.29, 0.717) is 17.9 Å². The highest BCUT2D eigenvalue weighted by atomic mass is 28.3. The van der Waals surface area contributed by atoms with E-state index in [4.69, 9.17) is 5.26 Å². The van der Waals surface area contributed by atoms with Crippen LogP contribution in [0.5, 0.6) is 0 Å². The van der Waals surface area contributed by atoms with Gasteiger partial charge in [-0.05, 0) is 36.5 Å². The lowest BCUT2D eigenvalue weighted by molar-refractivity contribution is 0.190. The van der Waals surface area contributed by atoms with Gasteiger partial charge < -0.3 is 5.11 Å². The lowest BCUT2D eigenvalue weighted by Gasteiger charge is -2.28. The zero-order valence-corrected chi connectivity index (χ0v) is 16.2. The Kier molecular flexibility index (Phi) is 7.69. The summed E-state index contributed by atoms with van der Waals surface area (Å²) < 4.78 is 13.5. The maximum Gasteiger partial charge on any atom is 0.142 e. The third-order valence-corrected chi connectivity index (χ3v) is 7.90. The molecule has 0 bridgehead atoms. The molecule has 1 atom stereocenters. The van der Waals surface area contributed by atoms with Gasteiger partial charge in [-0.2, -0.15) is 5.26 Å². The van der Waals surface area contributed by atoms with Crippen molar-refractivity contribution >= 4 is 8.80 Å². The Morgan fingerprint density at radius 1 is 1.32 bits per heavy atom. The second-order valence-electron chi connectivity index (χ2n) is 7.45. The fourth-order valence-electron chi connectivity index (χ4n) is 3.29. The van der Waals surface area contributed by atoms with Crippen LogP contribution in [0.3, 0.4) is 0 Å². The topological polar surface area (TPSA) is 44.0 Å². The van der Waals surface area contributed by atoms with Crippen molar-refractivity contribution in [1.82, 2.24) is 0 Å². The molecule has 1 aromatic rings. The van der Waals surface area contributed by atoms with Crippen molar-refractivity contribution in [3.8, 4) is 17.9 Å². The molecule has 25 heavy (non-hydrogen) atoms. The van der Waals surface area contributed by atoms with Crippen molar-refractivity contribution in [2.24, 2.45) is 11.8 Å². The van der Waals surface area contributed by atoms with Crippen molar-refractivity contribution < 1.29 is 9.50 Å². The number of hydrogen-bond donors (Lipinski definition) is 1. The highest BCUT2D eigenvalue weighted by Crippen LogP contribution is 2.31. The lowest BCUT2D eigenvalue weighted by Crippen LogP contribution is -2.24. The average Bonchev–Trinajstić information content (AvgIpc) is 2.59. The number of benzene rings is 1. The molecule has 133 valence electrons. The first-order valence-electron chi connectivity index (χ1n) is 9.20. The molecule has 1 aliphatic heterocycles. The van der Waals surface area contributed by atoms with Crippen molar-refractivity contribution in [3.05, 3.63) is 35.1 Å². The molecule has 1 radical (unpaired) electrons. The van der Waals surface area contributed by atoms with E-state index in [2.05, 4.69) is 25.7 Å². The van der Waals surface area contributed by atoms with E-state index in [1.54, 1.807) is 12.1 Å². The molecule has 2 rings (SSSR count). The molecule has 1 fully saturated rings. The number of halogens is 1. The first-order chi connectivity index (χ1) is 12.0. The third kappa shape index (κ3) is 6.65. The summed E-state index contributed by atoms with van der Waals surface area (Å²) in [7, 11) is -0.162. The number of aliphatic hydroxyl groups is 1. The van der Waals surface area contributed by atoms with Crippen LogP contribution in [-0.4, -0.2) is 20.0 Å². The quantitative estimate of drug-likeness (QED) is 0.611. The van der Waals surface area contributed by atoms with Crippen LogP contribution in [0.4, 0.5) is 4.39 Å². The number of nitrogens with zero attached hydrogens (tertiary/aromatic N) is 1. The largest absolute Gasteiger partial charge is 0.380 e. The molecule has 1 N–H and O–H groups in total. The van der Waals surface area contributed by atoms with E-state index in [1.807, 2.05) is 0 Å². The standard InChI is InChI=1S/C21H27FNOSi/c1-16(2)7-10-25-11-8-18(9-12-25)13-20(24)6-4-17-3-5-19(15-23)21(22)14-17/h3,5,14,16,18,20,24H,7-13H2,1-2H3.